The third-order valence-electron chi connectivity index (χ3n) is 2.87. The lowest BCUT2D eigenvalue weighted by Crippen LogP contribution is -2.35. The minimum Gasteiger partial charge on any atom is -0.360 e. The van der Waals surface area contributed by atoms with Crippen LogP contribution in [-0.2, 0) is 16.6 Å². The molecule has 2 rings (SSSR count). The van der Waals surface area contributed by atoms with Gasteiger partial charge in [0, 0.05) is 6.07 Å². The van der Waals surface area contributed by atoms with Gasteiger partial charge in [0.2, 0.25) is 10.0 Å². The number of rotatable bonds is 5. The summed E-state index contributed by atoms with van der Waals surface area (Å²) in [5, 5.41) is 6.74. The smallest absolute Gasteiger partial charge is 0.212 e. The maximum atomic E-state index is 11.8. The fraction of sp³-hybridized carbons (Fsp3) is 0.700. The molecule has 1 aliphatic heterocycles. The molecular weight excluding hydrogens is 242 g/mol. The van der Waals surface area contributed by atoms with Gasteiger partial charge >= 0.3 is 0 Å². The highest BCUT2D eigenvalue weighted by molar-refractivity contribution is 7.89. The van der Waals surface area contributed by atoms with Crippen molar-refractivity contribution in [2.75, 3.05) is 18.8 Å². The van der Waals surface area contributed by atoms with Crippen LogP contribution in [0.4, 0.5) is 0 Å². The lowest BCUT2D eigenvalue weighted by molar-refractivity contribution is 0.378. The Labute approximate surface area is 101 Å². The van der Waals surface area contributed by atoms with Crippen LogP contribution in [0, 0.1) is 5.92 Å². The van der Waals surface area contributed by atoms with E-state index in [2.05, 4.69) is 15.2 Å². The van der Waals surface area contributed by atoms with Crippen LogP contribution in [-0.4, -0.2) is 32.4 Å². The molecule has 1 aliphatic rings. The quantitative estimate of drug-likeness (QED) is 0.783. The average molecular weight is 259 g/mol. The van der Waals surface area contributed by atoms with Crippen LogP contribution in [0.15, 0.2) is 16.8 Å². The van der Waals surface area contributed by atoms with Gasteiger partial charge in [-0.15, -0.1) is 0 Å². The molecule has 96 valence electrons. The van der Waals surface area contributed by atoms with E-state index in [1.165, 1.54) is 6.20 Å². The van der Waals surface area contributed by atoms with E-state index in [4.69, 9.17) is 4.52 Å². The Morgan fingerprint density at radius 1 is 1.47 bits per heavy atom. The summed E-state index contributed by atoms with van der Waals surface area (Å²) < 4.78 is 31.0. The van der Waals surface area contributed by atoms with Crippen LogP contribution in [0.2, 0.25) is 0 Å². The van der Waals surface area contributed by atoms with Crippen molar-refractivity contribution < 1.29 is 12.9 Å². The number of piperidine rings is 1. The molecule has 1 saturated heterocycles. The van der Waals surface area contributed by atoms with Crippen molar-refractivity contribution in [2.45, 2.75) is 19.4 Å². The molecule has 0 atom stereocenters. The normalized spacial score (nSPS) is 18.4. The molecule has 0 bridgehead atoms. The van der Waals surface area contributed by atoms with Gasteiger partial charge in [-0.2, -0.15) is 0 Å². The molecule has 0 amide bonds. The predicted molar refractivity (Wildman–Crippen MR) is 62.7 cm³/mol. The fourth-order valence-electron chi connectivity index (χ4n) is 1.93. The summed E-state index contributed by atoms with van der Waals surface area (Å²) in [5.74, 6) is 0.977. The summed E-state index contributed by atoms with van der Waals surface area (Å²) in [6.07, 6.45) is 3.34. The molecule has 0 saturated carbocycles. The third kappa shape index (κ3) is 4.10. The van der Waals surface area contributed by atoms with Crippen LogP contribution in [0.1, 0.15) is 18.6 Å². The van der Waals surface area contributed by atoms with E-state index in [-0.39, 0.29) is 18.2 Å². The first kappa shape index (κ1) is 12.5. The molecule has 0 spiro atoms. The summed E-state index contributed by atoms with van der Waals surface area (Å²) in [5.41, 5.74) is 0. The van der Waals surface area contributed by atoms with E-state index >= 15 is 0 Å². The van der Waals surface area contributed by atoms with Gasteiger partial charge in [0.25, 0.3) is 0 Å². The molecule has 1 fully saturated rings. The van der Waals surface area contributed by atoms with E-state index < -0.39 is 10.0 Å². The Hall–Kier alpha value is -0.920. The lowest BCUT2D eigenvalue weighted by atomic mass is 10.0. The van der Waals surface area contributed by atoms with E-state index in [9.17, 15) is 8.42 Å². The van der Waals surface area contributed by atoms with E-state index in [0.717, 1.165) is 25.9 Å². The summed E-state index contributed by atoms with van der Waals surface area (Å²) in [6, 6.07) is 1.65. The van der Waals surface area contributed by atoms with Crippen LogP contribution < -0.4 is 10.0 Å². The summed E-state index contributed by atoms with van der Waals surface area (Å²) in [6.45, 7) is 1.98. The van der Waals surface area contributed by atoms with E-state index in [1.54, 1.807) is 6.07 Å². The van der Waals surface area contributed by atoms with Gasteiger partial charge in [-0.3, -0.25) is 0 Å². The molecule has 0 aliphatic carbocycles. The Morgan fingerprint density at radius 2 is 2.24 bits per heavy atom. The first-order valence-corrected chi connectivity index (χ1v) is 7.38. The molecule has 2 heterocycles. The molecule has 6 nitrogen and oxygen atoms in total. The predicted octanol–water partition coefficient (Wildman–Crippen LogP) is 0.0936. The molecule has 1 aromatic heterocycles. The van der Waals surface area contributed by atoms with Gasteiger partial charge in [-0.1, -0.05) is 5.16 Å². The number of nitrogens with one attached hydrogen (secondary N) is 2. The minimum atomic E-state index is -3.22. The molecule has 0 unspecified atom stereocenters. The first-order valence-electron chi connectivity index (χ1n) is 5.73. The van der Waals surface area contributed by atoms with Crippen molar-refractivity contribution in [3.8, 4) is 0 Å². The zero-order chi connectivity index (χ0) is 12.1. The maximum Gasteiger partial charge on any atom is 0.212 e. The Bertz CT molecular complexity index is 424. The average Bonchev–Trinajstić information content (AvgIpc) is 2.80. The van der Waals surface area contributed by atoms with Crippen molar-refractivity contribution in [1.29, 1.82) is 0 Å². The topological polar surface area (TPSA) is 84.2 Å². The van der Waals surface area contributed by atoms with Gasteiger partial charge in [-0.25, -0.2) is 13.1 Å². The van der Waals surface area contributed by atoms with Crippen molar-refractivity contribution in [3.05, 3.63) is 18.0 Å². The van der Waals surface area contributed by atoms with Crippen LogP contribution in [0.3, 0.4) is 0 Å². The van der Waals surface area contributed by atoms with Crippen LogP contribution in [0.25, 0.3) is 0 Å². The standard InChI is InChI=1S/C10H17N3O3S/c14-17(15,8-9-1-4-11-5-2-9)13-7-10-3-6-12-16-10/h3,6,9,11,13H,1-2,4-5,7-8H2. The summed E-state index contributed by atoms with van der Waals surface area (Å²) in [4.78, 5) is 0. The van der Waals surface area contributed by atoms with Crippen molar-refractivity contribution in [1.82, 2.24) is 15.2 Å². The van der Waals surface area contributed by atoms with Crippen molar-refractivity contribution >= 4 is 10.0 Å². The highest BCUT2D eigenvalue weighted by Gasteiger charge is 2.21. The SMILES string of the molecule is O=S(=O)(CC1CCNCC1)NCc1ccno1. The zero-order valence-corrected chi connectivity index (χ0v) is 10.4. The lowest BCUT2D eigenvalue weighted by Gasteiger charge is -2.22. The van der Waals surface area contributed by atoms with Gasteiger partial charge in [0.05, 0.1) is 18.5 Å². The fourth-order valence-corrected chi connectivity index (χ4v) is 3.37. The number of nitrogens with zero attached hydrogens (tertiary/aromatic N) is 1. The second-order valence-electron chi connectivity index (χ2n) is 4.27. The number of hydrogen-bond acceptors (Lipinski definition) is 5. The van der Waals surface area contributed by atoms with Crippen LogP contribution >= 0.6 is 0 Å². The van der Waals surface area contributed by atoms with E-state index in [1.807, 2.05) is 0 Å². The number of aromatic nitrogens is 1. The van der Waals surface area contributed by atoms with Gasteiger partial charge in [0.1, 0.15) is 0 Å². The number of sulfonamides is 1. The zero-order valence-electron chi connectivity index (χ0n) is 9.55. The Morgan fingerprint density at radius 3 is 2.88 bits per heavy atom. The molecule has 0 radical (unpaired) electrons. The Balaban J connectivity index is 1.81. The molecule has 7 heteroatoms. The summed E-state index contributed by atoms with van der Waals surface area (Å²) in [7, 11) is -3.22. The highest BCUT2D eigenvalue weighted by atomic mass is 32.2. The van der Waals surface area contributed by atoms with Crippen molar-refractivity contribution in [3.63, 3.8) is 0 Å². The molecule has 2 N–H and O–H groups in total. The second-order valence-corrected chi connectivity index (χ2v) is 6.13. The molecule has 1 aromatic rings. The Kier molecular flexibility index (Phi) is 4.14. The number of hydrogen-bond donors (Lipinski definition) is 2. The highest BCUT2D eigenvalue weighted by Crippen LogP contribution is 2.13. The first-order chi connectivity index (χ1) is 8.16. The van der Waals surface area contributed by atoms with E-state index in [0.29, 0.717) is 5.76 Å². The maximum absolute atomic E-state index is 11.8. The van der Waals surface area contributed by atoms with Crippen LogP contribution in [0.5, 0.6) is 0 Å². The molecule has 17 heavy (non-hydrogen) atoms. The molecular formula is C10H17N3O3S. The minimum absolute atomic E-state index is 0.174. The second kappa shape index (κ2) is 5.61. The van der Waals surface area contributed by atoms with Gasteiger partial charge < -0.3 is 9.84 Å². The van der Waals surface area contributed by atoms with Crippen molar-refractivity contribution in [2.24, 2.45) is 5.92 Å². The largest absolute Gasteiger partial charge is 0.360 e. The van der Waals surface area contributed by atoms with Gasteiger partial charge in [0.15, 0.2) is 5.76 Å². The van der Waals surface area contributed by atoms with Gasteiger partial charge in [-0.05, 0) is 31.8 Å². The summed E-state index contributed by atoms with van der Waals surface area (Å²) >= 11 is 0. The third-order valence-corrected chi connectivity index (χ3v) is 4.37. The molecule has 0 aromatic carbocycles. The monoisotopic (exact) mass is 259 g/mol.